The first-order valence-electron chi connectivity index (χ1n) is 4.84. The Morgan fingerprint density at radius 2 is 2.38 bits per heavy atom. The average Bonchev–Trinajstić information content (AvgIpc) is 2.83. The molecule has 3 heteroatoms. The Labute approximate surface area is 78.6 Å². The molecule has 1 aromatic heterocycles. The van der Waals surface area contributed by atoms with E-state index in [4.69, 9.17) is 0 Å². The lowest BCUT2D eigenvalue weighted by atomic mass is 10.3. The highest BCUT2D eigenvalue weighted by Gasteiger charge is 2.35. The first-order valence-corrected chi connectivity index (χ1v) is 4.84. The lowest BCUT2D eigenvalue weighted by Crippen LogP contribution is -2.06. The van der Waals surface area contributed by atoms with E-state index in [1.165, 1.54) is 12.8 Å². The van der Waals surface area contributed by atoms with Gasteiger partial charge in [-0.05, 0) is 19.3 Å². The van der Waals surface area contributed by atoms with Crippen LogP contribution in [0.15, 0.2) is 12.4 Å². The number of anilines is 1. The summed E-state index contributed by atoms with van der Waals surface area (Å²) in [6, 6.07) is 2.64. The first-order chi connectivity index (χ1) is 6.29. The van der Waals surface area contributed by atoms with Gasteiger partial charge in [0, 0.05) is 17.8 Å². The molecule has 1 heterocycles. The number of hydrogen-bond donors (Lipinski definition) is 1. The molecule has 1 aliphatic carbocycles. The van der Waals surface area contributed by atoms with Crippen molar-refractivity contribution in [2.75, 3.05) is 5.32 Å². The quantitative estimate of drug-likeness (QED) is 0.767. The van der Waals surface area contributed by atoms with Gasteiger partial charge in [0.15, 0.2) is 0 Å². The summed E-state index contributed by atoms with van der Waals surface area (Å²) in [4.78, 5) is 8.22. The van der Waals surface area contributed by atoms with Crippen LogP contribution < -0.4 is 5.32 Å². The molecule has 0 aliphatic heterocycles. The highest BCUT2D eigenvalue weighted by molar-refractivity contribution is 5.37. The van der Waals surface area contributed by atoms with E-state index in [1.807, 2.05) is 13.0 Å². The van der Waals surface area contributed by atoms with Crippen LogP contribution in [0.3, 0.4) is 0 Å². The maximum atomic E-state index is 4.17. The molecule has 0 aromatic carbocycles. The van der Waals surface area contributed by atoms with E-state index in [2.05, 4.69) is 22.2 Å². The standard InChI is InChI=1S/C10H15N3/c1-3-8-5-9(8)13-10-4-7(2)11-6-12-10/h4,6,8-9H,3,5H2,1-2H3,(H,11,12,13)/t8-,9-/m1/s1. The fourth-order valence-corrected chi connectivity index (χ4v) is 1.60. The molecule has 0 radical (unpaired) electrons. The third-order valence-electron chi connectivity index (χ3n) is 2.58. The van der Waals surface area contributed by atoms with Crippen molar-refractivity contribution in [2.45, 2.75) is 32.7 Å². The zero-order valence-corrected chi connectivity index (χ0v) is 8.12. The van der Waals surface area contributed by atoms with Gasteiger partial charge in [0.05, 0.1) is 0 Å². The van der Waals surface area contributed by atoms with E-state index < -0.39 is 0 Å². The van der Waals surface area contributed by atoms with Crippen LogP contribution in [0.2, 0.25) is 0 Å². The number of rotatable bonds is 3. The molecule has 0 spiro atoms. The Bertz CT molecular complexity index is 298. The van der Waals surface area contributed by atoms with Crippen molar-refractivity contribution in [1.82, 2.24) is 9.97 Å². The summed E-state index contributed by atoms with van der Waals surface area (Å²) >= 11 is 0. The van der Waals surface area contributed by atoms with Gasteiger partial charge in [-0.3, -0.25) is 0 Å². The van der Waals surface area contributed by atoms with Gasteiger partial charge in [0.2, 0.25) is 0 Å². The summed E-state index contributed by atoms with van der Waals surface area (Å²) in [5.41, 5.74) is 1.02. The van der Waals surface area contributed by atoms with Gasteiger partial charge in [0.1, 0.15) is 12.1 Å². The summed E-state index contributed by atoms with van der Waals surface area (Å²) in [6.45, 7) is 4.22. The van der Waals surface area contributed by atoms with Crippen molar-refractivity contribution in [3.8, 4) is 0 Å². The minimum absolute atomic E-state index is 0.652. The molecule has 3 nitrogen and oxygen atoms in total. The smallest absolute Gasteiger partial charge is 0.129 e. The van der Waals surface area contributed by atoms with Crippen LogP contribution in [0.25, 0.3) is 0 Å². The number of aromatic nitrogens is 2. The van der Waals surface area contributed by atoms with Gasteiger partial charge >= 0.3 is 0 Å². The summed E-state index contributed by atoms with van der Waals surface area (Å²) in [5, 5.41) is 3.41. The van der Waals surface area contributed by atoms with Crippen LogP contribution in [-0.2, 0) is 0 Å². The predicted molar refractivity (Wildman–Crippen MR) is 52.6 cm³/mol. The lowest BCUT2D eigenvalue weighted by molar-refractivity contribution is 0.773. The van der Waals surface area contributed by atoms with Crippen LogP contribution in [0, 0.1) is 12.8 Å². The van der Waals surface area contributed by atoms with E-state index in [-0.39, 0.29) is 0 Å². The highest BCUT2D eigenvalue weighted by atomic mass is 15.1. The van der Waals surface area contributed by atoms with Gasteiger partial charge in [-0.1, -0.05) is 13.3 Å². The van der Waals surface area contributed by atoms with Crippen LogP contribution >= 0.6 is 0 Å². The van der Waals surface area contributed by atoms with Crippen LogP contribution in [-0.4, -0.2) is 16.0 Å². The van der Waals surface area contributed by atoms with E-state index in [0.29, 0.717) is 6.04 Å². The van der Waals surface area contributed by atoms with E-state index >= 15 is 0 Å². The van der Waals surface area contributed by atoms with Gasteiger partial charge in [0.25, 0.3) is 0 Å². The molecule has 1 saturated carbocycles. The highest BCUT2D eigenvalue weighted by Crippen LogP contribution is 2.35. The van der Waals surface area contributed by atoms with Gasteiger partial charge in [-0.2, -0.15) is 0 Å². The zero-order valence-electron chi connectivity index (χ0n) is 8.12. The predicted octanol–water partition coefficient (Wildman–Crippen LogP) is 2.00. The molecule has 13 heavy (non-hydrogen) atoms. The second-order valence-electron chi connectivity index (χ2n) is 3.70. The molecule has 1 fully saturated rings. The maximum absolute atomic E-state index is 4.17. The fraction of sp³-hybridized carbons (Fsp3) is 0.600. The van der Waals surface area contributed by atoms with Crippen molar-refractivity contribution >= 4 is 5.82 Å². The number of aryl methyl sites for hydroxylation is 1. The van der Waals surface area contributed by atoms with Crippen molar-refractivity contribution in [3.63, 3.8) is 0 Å². The van der Waals surface area contributed by atoms with Crippen molar-refractivity contribution in [3.05, 3.63) is 18.1 Å². The Morgan fingerprint density at radius 1 is 1.54 bits per heavy atom. The second-order valence-corrected chi connectivity index (χ2v) is 3.70. The first kappa shape index (κ1) is 8.48. The molecule has 1 aliphatic rings. The minimum Gasteiger partial charge on any atom is -0.367 e. The van der Waals surface area contributed by atoms with Gasteiger partial charge in [-0.15, -0.1) is 0 Å². The van der Waals surface area contributed by atoms with E-state index in [1.54, 1.807) is 6.33 Å². The van der Waals surface area contributed by atoms with Gasteiger partial charge < -0.3 is 5.32 Å². The van der Waals surface area contributed by atoms with E-state index in [9.17, 15) is 0 Å². The average molecular weight is 177 g/mol. The maximum Gasteiger partial charge on any atom is 0.129 e. The third kappa shape index (κ3) is 1.97. The monoisotopic (exact) mass is 177 g/mol. The topological polar surface area (TPSA) is 37.8 Å². The van der Waals surface area contributed by atoms with Crippen LogP contribution in [0.4, 0.5) is 5.82 Å². The number of hydrogen-bond acceptors (Lipinski definition) is 3. The molecule has 0 bridgehead atoms. The second kappa shape index (κ2) is 3.32. The Kier molecular flexibility index (Phi) is 2.17. The molecular weight excluding hydrogens is 162 g/mol. The molecule has 0 saturated heterocycles. The Hall–Kier alpha value is -1.12. The molecule has 1 aromatic rings. The number of nitrogens with zero attached hydrogens (tertiary/aromatic N) is 2. The van der Waals surface area contributed by atoms with Crippen molar-refractivity contribution < 1.29 is 0 Å². The van der Waals surface area contributed by atoms with E-state index in [0.717, 1.165) is 17.4 Å². The normalized spacial score (nSPS) is 25.7. The molecule has 1 N–H and O–H groups in total. The van der Waals surface area contributed by atoms with Crippen molar-refractivity contribution in [2.24, 2.45) is 5.92 Å². The molecule has 2 atom stereocenters. The zero-order chi connectivity index (χ0) is 9.26. The molecule has 0 unspecified atom stereocenters. The molecule has 2 rings (SSSR count). The summed E-state index contributed by atoms with van der Waals surface area (Å²) in [5.74, 6) is 1.82. The third-order valence-corrected chi connectivity index (χ3v) is 2.58. The SMILES string of the molecule is CC[C@@H]1C[C@H]1Nc1cc(C)ncn1. The molecular formula is C10H15N3. The van der Waals surface area contributed by atoms with Crippen LogP contribution in [0.5, 0.6) is 0 Å². The van der Waals surface area contributed by atoms with Crippen LogP contribution in [0.1, 0.15) is 25.5 Å². The summed E-state index contributed by atoms with van der Waals surface area (Å²) in [6.07, 6.45) is 4.17. The number of nitrogens with one attached hydrogen (secondary N) is 1. The molecule has 70 valence electrons. The Morgan fingerprint density at radius 3 is 3.00 bits per heavy atom. The summed E-state index contributed by atoms with van der Waals surface area (Å²) in [7, 11) is 0. The minimum atomic E-state index is 0.652. The van der Waals surface area contributed by atoms with Crippen molar-refractivity contribution in [1.29, 1.82) is 0 Å². The van der Waals surface area contributed by atoms with Gasteiger partial charge in [-0.25, -0.2) is 9.97 Å². The summed E-state index contributed by atoms with van der Waals surface area (Å²) < 4.78 is 0. The molecule has 0 amide bonds. The Balaban J connectivity index is 1.95. The largest absolute Gasteiger partial charge is 0.367 e. The lowest BCUT2D eigenvalue weighted by Gasteiger charge is -2.03. The fourth-order valence-electron chi connectivity index (χ4n) is 1.60.